The Labute approximate surface area is 86.6 Å². The van der Waals surface area contributed by atoms with E-state index in [-0.39, 0.29) is 0 Å². The van der Waals surface area contributed by atoms with Crippen molar-refractivity contribution in [2.24, 2.45) is 0 Å². The fourth-order valence-corrected chi connectivity index (χ4v) is 1.53. The molecule has 1 aromatic carbocycles. The van der Waals surface area contributed by atoms with Gasteiger partial charge in [-0.1, -0.05) is 0 Å². The molecule has 0 fully saturated rings. The number of nitrogens with two attached hydrogens (primary N) is 2. The van der Waals surface area contributed by atoms with Crippen LogP contribution in [0.1, 0.15) is 0 Å². The van der Waals surface area contributed by atoms with E-state index in [2.05, 4.69) is 15.3 Å². The number of fused-ring (bicyclic) bond motifs is 1. The molecule has 0 aliphatic rings. The number of rotatable bonds is 2. The molecule has 0 atom stereocenters. The van der Waals surface area contributed by atoms with Gasteiger partial charge in [0.05, 0.1) is 18.3 Å². The highest BCUT2D eigenvalue weighted by Gasteiger charge is 2.12. The lowest BCUT2D eigenvalue weighted by atomic mass is 10.2. The smallest absolute Gasteiger partial charge is 0.200 e. The van der Waals surface area contributed by atoms with Crippen molar-refractivity contribution in [2.45, 2.75) is 0 Å². The zero-order valence-electron chi connectivity index (χ0n) is 8.59. The fourth-order valence-electron chi connectivity index (χ4n) is 1.53. The summed E-state index contributed by atoms with van der Waals surface area (Å²) < 4.78 is 5.10. The van der Waals surface area contributed by atoms with Gasteiger partial charge in [-0.05, 0) is 6.07 Å². The topological polar surface area (TPSA) is 102 Å². The monoisotopic (exact) mass is 207 g/mol. The van der Waals surface area contributed by atoms with Crippen molar-refractivity contribution in [3.8, 4) is 5.75 Å². The highest BCUT2D eigenvalue weighted by Crippen LogP contribution is 2.35. The number of H-pyrrole nitrogens is 1. The highest BCUT2D eigenvalue weighted by molar-refractivity contribution is 5.96. The van der Waals surface area contributed by atoms with Crippen LogP contribution in [0.2, 0.25) is 0 Å². The van der Waals surface area contributed by atoms with Crippen LogP contribution >= 0.6 is 0 Å². The summed E-state index contributed by atoms with van der Waals surface area (Å²) in [5.41, 5.74) is 14.0. The molecule has 0 radical (unpaired) electrons. The molecular weight excluding hydrogens is 194 g/mol. The molecule has 0 bridgehead atoms. The average Bonchev–Trinajstić information content (AvgIpc) is 2.61. The number of methoxy groups -OCH3 is 1. The molecule has 2 aromatic rings. The minimum absolute atomic E-state index is 0.449. The predicted octanol–water partition coefficient (Wildman–Crippen LogP) is 0.778. The van der Waals surface area contributed by atoms with E-state index in [4.69, 9.17) is 16.2 Å². The predicted molar refractivity (Wildman–Crippen MR) is 61.0 cm³/mol. The average molecular weight is 207 g/mol. The van der Waals surface area contributed by atoms with Crippen LogP contribution in [0.3, 0.4) is 0 Å². The maximum absolute atomic E-state index is 5.88. The van der Waals surface area contributed by atoms with Gasteiger partial charge in [0, 0.05) is 7.05 Å². The van der Waals surface area contributed by atoms with Crippen LogP contribution in [0.5, 0.6) is 5.75 Å². The van der Waals surface area contributed by atoms with Gasteiger partial charge < -0.3 is 26.5 Å². The van der Waals surface area contributed by atoms with Crippen LogP contribution in [-0.2, 0) is 0 Å². The number of ether oxygens (including phenoxy) is 1. The van der Waals surface area contributed by atoms with Gasteiger partial charge in [0.15, 0.2) is 5.75 Å². The third-order valence-corrected chi connectivity index (χ3v) is 2.23. The highest BCUT2D eigenvalue weighted by atomic mass is 16.5. The second-order valence-corrected chi connectivity index (χ2v) is 3.14. The minimum Gasteiger partial charge on any atom is -0.492 e. The first-order valence-corrected chi connectivity index (χ1v) is 4.46. The molecule has 0 spiro atoms. The second kappa shape index (κ2) is 3.23. The molecule has 15 heavy (non-hydrogen) atoms. The Morgan fingerprint density at radius 2 is 2.20 bits per heavy atom. The lowest BCUT2D eigenvalue weighted by Crippen LogP contribution is -1.98. The van der Waals surface area contributed by atoms with Gasteiger partial charge in [-0.15, -0.1) is 0 Å². The number of nitrogen functional groups attached to an aromatic ring is 2. The van der Waals surface area contributed by atoms with Gasteiger partial charge in [0.1, 0.15) is 11.2 Å². The van der Waals surface area contributed by atoms with E-state index in [1.54, 1.807) is 13.1 Å². The number of nitrogens with one attached hydrogen (secondary N) is 2. The largest absolute Gasteiger partial charge is 0.492 e. The van der Waals surface area contributed by atoms with Gasteiger partial charge in [0.25, 0.3) is 0 Å². The molecule has 0 saturated heterocycles. The zero-order valence-corrected chi connectivity index (χ0v) is 8.59. The summed E-state index contributed by atoms with van der Waals surface area (Å²) in [5.74, 6) is 1.11. The summed E-state index contributed by atoms with van der Waals surface area (Å²) >= 11 is 0. The van der Waals surface area contributed by atoms with Crippen molar-refractivity contribution in [1.82, 2.24) is 9.97 Å². The van der Waals surface area contributed by atoms with Crippen molar-refractivity contribution < 1.29 is 4.74 Å². The van der Waals surface area contributed by atoms with Crippen LogP contribution in [-0.4, -0.2) is 24.1 Å². The number of imidazole rings is 1. The molecule has 0 amide bonds. The number of nitrogens with zero attached hydrogens (tertiary/aromatic N) is 1. The molecule has 80 valence electrons. The molecule has 2 rings (SSSR count). The Bertz CT molecular complexity index is 505. The van der Waals surface area contributed by atoms with E-state index < -0.39 is 0 Å². The van der Waals surface area contributed by atoms with E-state index in [1.807, 2.05) is 0 Å². The van der Waals surface area contributed by atoms with Crippen molar-refractivity contribution in [1.29, 1.82) is 0 Å². The molecule has 6 N–H and O–H groups in total. The lowest BCUT2D eigenvalue weighted by molar-refractivity contribution is 0.419. The van der Waals surface area contributed by atoms with Gasteiger partial charge in [-0.3, -0.25) is 0 Å². The number of hydrogen-bond donors (Lipinski definition) is 4. The number of aromatic amines is 1. The quantitative estimate of drug-likeness (QED) is 0.545. The van der Waals surface area contributed by atoms with Gasteiger partial charge in [-0.2, -0.15) is 0 Å². The second-order valence-electron chi connectivity index (χ2n) is 3.14. The fraction of sp³-hybridized carbons (Fsp3) is 0.222. The first-order valence-electron chi connectivity index (χ1n) is 4.46. The third kappa shape index (κ3) is 1.30. The Morgan fingerprint density at radius 3 is 2.80 bits per heavy atom. The first-order chi connectivity index (χ1) is 7.17. The van der Waals surface area contributed by atoms with E-state index in [0.29, 0.717) is 28.6 Å². The maximum Gasteiger partial charge on any atom is 0.200 e. The van der Waals surface area contributed by atoms with Crippen molar-refractivity contribution in [2.75, 3.05) is 30.9 Å². The summed E-state index contributed by atoms with van der Waals surface area (Å²) in [5, 5.41) is 2.90. The van der Waals surface area contributed by atoms with Gasteiger partial charge >= 0.3 is 0 Å². The summed E-state index contributed by atoms with van der Waals surface area (Å²) in [6.07, 6.45) is 0. The Balaban J connectivity index is 2.76. The number of aromatic nitrogens is 2. The molecule has 1 heterocycles. The molecule has 6 heteroatoms. The van der Waals surface area contributed by atoms with E-state index in [0.717, 1.165) is 5.52 Å². The van der Waals surface area contributed by atoms with E-state index in [9.17, 15) is 0 Å². The molecule has 0 saturated carbocycles. The van der Waals surface area contributed by atoms with E-state index >= 15 is 0 Å². The van der Waals surface area contributed by atoms with Crippen LogP contribution in [0.25, 0.3) is 11.0 Å². The minimum atomic E-state index is 0.449. The summed E-state index contributed by atoms with van der Waals surface area (Å²) in [7, 11) is 3.30. The third-order valence-electron chi connectivity index (χ3n) is 2.23. The lowest BCUT2D eigenvalue weighted by Gasteiger charge is -2.07. The first kappa shape index (κ1) is 9.45. The van der Waals surface area contributed by atoms with Gasteiger partial charge in [0.2, 0.25) is 5.95 Å². The summed E-state index contributed by atoms with van der Waals surface area (Å²) in [4.78, 5) is 7.29. The SMILES string of the molecule is CNc1nc2c(N)c(OC)c(N)cc2[nH]1. The molecule has 1 aromatic heterocycles. The van der Waals surface area contributed by atoms with Crippen molar-refractivity contribution in [3.63, 3.8) is 0 Å². The normalized spacial score (nSPS) is 10.5. The molecular formula is C9H13N5O. The number of anilines is 3. The standard InChI is InChI=1S/C9H13N5O/c1-12-9-13-5-3-4(10)8(15-2)6(11)7(5)14-9/h3H,10-11H2,1-2H3,(H2,12,13,14). The van der Waals surface area contributed by atoms with Crippen LogP contribution < -0.4 is 21.5 Å². The van der Waals surface area contributed by atoms with Gasteiger partial charge in [-0.25, -0.2) is 4.98 Å². The zero-order chi connectivity index (χ0) is 11.0. The summed E-state index contributed by atoms with van der Waals surface area (Å²) in [6, 6.07) is 1.75. The van der Waals surface area contributed by atoms with E-state index in [1.165, 1.54) is 7.11 Å². The Morgan fingerprint density at radius 1 is 1.47 bits per heavy atom. The number of hydrogen-bond acceptors (Lipinski definition) is 5. The molecule has 0 unspecified atom stereocenters. The van der Waals surface area contributed by atoms with Crippen LogP contribution in [0.15, 0.2) is 6.07 Å². The number of benzene rings is 1. The van der Waals surface area contributed by atoms with Crippen LogP contribution in [0.4, 0.5) is 17.3 Å². The van der Waals surface area contributed by atoms with Crippen molar-refractivity contribution >= 4 is 28.4 Å². The van der Waals surface area contributed by atoms with Crippen molar-refractivity contribution in [3.05, 3.63) is 6.07 Å². The Hall–Kier alpha value is -2.11. The molecule has 0 aliphatic carbocycles. The molecule has 0 aliphatic heterocycles. The summed E-state index contributed by atoms with van der Waals surface area (Å²) in [6.45, 7) is 0. The van der Waals surface area contributed by atoms with Crippen LogP contribution in [0, 0.1) is 0 Å². The molecule has 6 nitrogen and oxygen atoms in total. The maximum atomic E-state index is 5.88. The Kier molecular flexibility index (Phi) is 2.03.